The summed E-state index contributed by atoms with van der Waals surface area (Å²) < 4.78 is 11.5. The molecule has 5 heteroatoms. The van der Waals surface area contributed by atoms with Crippen LogP contribution in [0.5, 0.6) is 0 Å². The van der Waals surface area contributed by atoms with Crippen LogP contribution >= 0.6 is 0 Å². The van der Waals surface area contributed by atoms with E-state index >= 15 is 0 Å². The van der Waals surface area contributed by atoms with Crippen molar-refractivity contribution in [1.29, 1.82) is 0 Å². The fraction of sp³-hybridized carbons (Fsp3) is 0.500. The molecule has 1 rings (SSSR count). The zero-order valence-electron chi connectivity index (χ0n) is 12.0. The van der Waals surface area contributed by atoms with Gasteiger partial charge in [-0.15, -0.1) is 0 Å². The molecule has 0 amide bonds. The summed E-state index contributed by atoms with van der Waals surface area (Å²) in [7, 11) is -0.470. The third kappa shape index (κ3) is 4.69. The van der Waals surface area contributed by atoms with E-state index in [1.54, 1.807) is 24.3 Å². The molecule has 104 valence electrons. The first-order chi connectivity index (χ1) is 8.89. The second kappa shape index (κ2) is 6.73. The molecule has 1 aromatic carbocycles. The van der Waals surface area contributed by atoms with Crippen molar-refractivity contribution in [2.24, 2.45) is 0 Å². The van der Waals surface area contributed by atoms with Crippen LogP contribution in [0.25, 0.3) is 0 Å². The summed E-state index contributed by atoms with van der Waals surface area (Å²) in [5.74, 6) is -0.936. The van der Waals surface area contributed by atoms with Crippen LogP contribution in [0.15, 0.2) is 24.3 Å². The van der Waals surface area contributed by atoms with E-state index in [9.17, 15) is 4.79 Å². The molecule has 0 aliphatic carbocycles. The van der Waals surface area contributed by atoms with Crippen LogP contribution in [0.3, 0.4) is 0 Å². The Morgan fingerprint density at radius 3 is 2.26 bits per heavy atom. The van der Waals surface area contributed by atoms with Gasteiger partial charge in [-0.25, -0.2) is 4.79 Å². The van der Waals surface area contributed by atoms with E-state index in [0.717, 1.165) is 11.9 Å². The van der Waals surface area contributed by atoms with Crippen LogP contribution in [0.4, 0.5) is 0 Å². The highest BCUT2D eigenvalue weighted by atomic mass is 16.6. The maximum absolute atomic E-state index is 10.8. The van der Waals surface area contributed by atoms with E-state index < -0.39 is 13.1 Å². The van der Waals surface area contributed by atoms with Crippen LogP contribution in [0.2, 0.25) is 0 Å². The van der Waals surface area contributed by atoms with Crippen molar-refractivity contribution in [3.8, 4) is 0 Å². The Labute approximate surface area is 114 Å². The first kappa shape index (κ1) is 15.7. The van der Waals surface area contributed by atoms with Crippen molar-refractivity contribution >= 4 is 18.6 Å². The van der Waals surface area contributed by atoms with Crippen molar-refractivity contribution in [2.45, 2.75) is 39.7 Å². The van der Waals surface area contributed by atoms with Gasteiger partial charge in [0.25, 0.3) is 0 Å². The van der Waals surface area contributed by atoms with Gasteiger partial charge in [0.2, 0.25) is 0 Å². The molecule has 0 spiro atoms. The maximum Gasteiger partial charge on any atom is 0.494 e. The molecular weight excluding hydrogens is 243 g/mol. The fourth-order valence-electron chi connectivity index (χ4n) is 1.51. The number of benzene rings is 1. The third-order valence-electron chi connectivity index (χ3n) is 3.03. The molecule has 0 aliphatic rings. The summed E-state index contributed by atoms with van der Waals surface area (Å²) in [6.45, 7) is 8.50. The molecule has 0 atom stereocenters. The third-order valence-corrected chi connectivity index (χ3v) is 3.03. The van der Waals surface area contributed by atoms with Crippen molar-refractivity contribution in [3.05, 3.63) is 29.8 Å². The van der Waals surface area contributed by atoms with Gasteiger partial charge in [-0.1, -0.05) is 19.1 Å². The molecule has 0 fully saturated rings. The number of rotatable bonds is 7. The summed E-state index contributed by atoms with van der Waals surface area (Å²) in [6, 6.07) is 6.59. The average Bonchev–Trinajstić information content (AvgIpc) is 2.38. The predicted octanol–water partition coefficient (Wildman–Crippen LogP) is 2.32. The Bertz CT molecular complexity index is 414. The minimum atomic E-state index is -0.936. The lowest BCUT2D eigenvalue weighted by atomic mass is 9.77. The van der Waals surface area contributed by atoms with Gasteiger partial charge in [0.1, 0.15) is 0 Å². The molecule has 0 saturated carbocycles. The largest absolute Gasteiger partial charge is 0.494 e. The molecule has 1 N–H and O–H groups in total. The number of hydrogen-bond acceptors (Lipinski definition) is 3. The topological polar surface area (TPSA) is 55.8 Å². The van der Waals surface area contributed by atoms with E-state index in [2.05, 4.69) is 6.92 Å². The second-order valence-corrected chi connectivity index (χ2v) is 4.95. The van der Waals surface area contributed by atoms with E-state index in [0.29, 0.717) is 6.61 Å². The van der Waals surface area contributed by atoms with Crippen LogP contribution < -0.4 is 5.46 Å². The second-order valence-electron chi connectivity index (χ2n) is 4.95. The maximum atomic E-state index is 10.8. The Kier molecular flexibility index (Phi) is 5.57. The van der Waals surface area contributed by atoms with Crippen LogP contribution in [0.1, 0.15) is 44.5 Å². The monoisotopic (exact) mass is 264 g/mol. The molecule has 0 unspecified atom stereocenters. The highest BCUT2D eigenvalue weighted by Gasteiger charge is 2.28. The Hall–Kier alpha value is -1.33. The number of hydrogen-bond donors (Lipinski definition) is 1. The zero-order valence-corrected chi connectivity index (χ0v) is 12.0. The summed E-state index contributed by atoms with van der Waals surface area (Å²) in [5.41, 5.74) is 0.799. The molecular formula is C14H21BO4. The van der Waals surface area contributed by atoms with Gasteiger partial charge >= 0.3 is 13.1 Å². The van der Waals surface area contributed by atoms with Crippen LogP contribution in [-0.2, 0) is 9.31 Å². The van der Waals surface area contributed by atoms with Gasteiger partial charge in [0.15, 0.2) is 0 Å². The highest BCUT2D eigenvalue weighted by Crippen LogP contribution is 2.15. The number of carboxylic acids is 1. The lowest BCUT2D eigenvalue weighted by Crippen LogP contribution is -2.43. The molecule has 0 heterocycles. The van der Waals surface area contributed by atoms with Gasteiger partial charge in [-0.05, 0) is 44.8 Å². The smallest absolute Gasteiger partial charge is 0.478 e. The van der Waals surface area contributed by atoms with Crippen molar-refractivity contribution in [3.63, 3.8) is 0 Å². The standard InChI is InChI=1S/C14H21BO4/c1-5-14(3,4)19-15(18-6-2)12-9-7-11(8-10-12)13(16)17/h7-10H,5-6H2,1-4H3,(H,16,17). The van der Waals surface area contributed by atoms with Crippen molar-refractivity contribution in [2.75, 3.05) is 6.61 Å². The summed E-state index contributed by atoms with van der Waals surface area (Å²) in [5, 5.41) is 8.88. The van der Waals surface area contributed by atoms with Crippen molar-refractivity contribution < 1.29 is 19.2 Å². The lowest BCUT2D eigenvalue weighted by Gasteiger charge is -2.28. The Morgan fingerprint density at radius 2 is 1.84 bits per heavy atom. The quantitative estimate of drug-likeness (QED) is 0.768. The Morgan fingerprint density at radius 1 is 1.26 bits per heavy atom. The molecule has 0 bridgehead atoms. The molecule has 1 aromatic rings. The predicted molar refractivity (Wildman–Crippen MR) is 75.9 cm³/mol. The molecule has 0 saturated heterocycles. The lowest BCUT2D eigenvalue weighted by molar-refractivity contribution is 0.0688. The van der Waals surface area contributed by atoms with E-state index in [4.69, 9.17) is 14.4 Å². The van der Waals surface area contributed by atoms with Gasteiger partial charge < -0.3 is 14.4 Å². The summed E-state index contributed by atoms with van der Waals surface area (Å²) in [4.78, 5) is 10.8. The molecule has 0 aromatic heterocycles. The van der Waals surface area contributed by atoms with Gasteiger partial charge in [0.05, 0.1) is 5.56 Å². The van der Waals surface area contributed by atoms with Gasteiger partial charge in [-0.3, -0.25) is 0 Å². The van der Waals surface area contributed by atoms with Gasteiger partial charge in [-0.2, -0.15) is 0 Å². The average molecular weight is 264 g/mol. The summed E-state index contributed by atoms with van der Waals surface area (Å²) in [6.07, 6.45) is 0.865. The van der Waals surface area contributed by atoms with Crippen LogP contribution in [-0.4, -0.2) is 30.4 Å². The fourth-order valence-corrected chi connectivity index (χ4v) is 1.51. The normalized spacial score (nSPS) is 11.4. The van der Waals surface area contributed by atoms with E-state index in [-0.39, 0.29) is 11.2 Å². The number of aromatic carboxylic acids is 1. The first-order valence-corrected chi connectivity index (χ1v) is 6.52. The number of carboxylic acid groups (broad SMARTS) is 1. The molecule has 0 aliphatic heterocycles. The SMILES string of the molecule is CCOB(OC(C)(C)CC)c1ccc(C(=O)O)cc1. The van der Waals surface area contributed by atoms with E-state index in [1.807, 2.05) is 20.8 Å². The Balaban J connectivity index is 2.89. The minimum Gasteiger partial charge on any atom is -0.478 e. The van der Waals surface area contributed by atoms with Crippen LogP contribution in [0, 0.1) is 0 Å². The summed E-state index contributed by atoms with van der Waals surface area (Å²) >= 11 is 0. The van der Waals surface area contributed by atoms with Gasteiger partial charge in [0, 0.05) is 12.2 Å². The zero-order chi connectivity index (χ0) is 14.5. The van der Waals surface area contributed by atoms with E-state index in [1.165, 1.54) is 0 Å². The highest BCUT2D eigenvalue weighted by molar-refractivity contribution is 6.61. The minimum absolute atomic E-state index is 0.258. The molecule has 4 nitrogen and oxygen atoms in total. The molecule has 19 heavy (non-hydrogen) atoms. The first-order valence-electron chi connectivity index (χ1n) is 6.52. The molecule has 0 radical (unpaired) electrons. The number of carbonyl (C=O) groups is 1. The van der Waals surface area contributed by atoms with Crippen molar-refractivity contribution in [1.82, 2.24) is 0 Å².